The summed E-state index contributed by atoms with van der Waals surface area (Å²) >= 11 is 3.25. The second kappa shape index (κ2) is 7.94. The molecule has 0 unspecified atom stereocenters. The van der Waals surface area contributed by atoms with Crippen LogP contribution in [0.1, 0.15) is 29.3 Å². The number of hydrogen-bond acceptors (Lipinski definition) is 3. The van der Waals surface area contributed by atoms with Crippen molar-refractivity contribution in [2.75, 3.05) is 0 Å². The second-order valence-electron chi connectivity index (χ2n) is 5.66. The van der Waals surface area contributed by atoms with Crippen molar-refractivity contribution in [3.63, 3.8) is 0 Å². The fourth-order valence-electron chi connectivity index (χ4n) is 2.31. The van der Waals surface area contributed by atoms with E-state index in [9.17, 15) is 19.5 Å². The van der Waals surface area contributed by atoms with Crippen molar-refractivity contribution in [1.29, 1.82) is 0 Å². The zero-order valence-electron chi connectivity index (χ0n) is 13.5. The van der Waals surface area contributed by atoms with Gasteiger partial charge >= 0.3 is 5.97 Å². The maximum absolute atomic E-state index is 12.2. The molecule has 7 heteroatoms. The van der Waals surface area contributed by atoms with Gasteiger partial charge in [0.05, 0.1) is 11.0 Å². The van der Waals surface area contributed by atoms with Crippen LogP contribution in [0.3, 0.4) is 0 Å². The first-order chi connectivity index (χ1) is 11.8. The highest BCUT2D eigenvalue weighted by molar-refractivity contribution is 9.10. The minimum absolute atomic E-state index is 0.317. The number of aliphatic carboxylic acids is 1. The zero-order chi connectivity index (χ0) is 18.4. The van der Waals surface area contributed by atoms with Crippen LogP contribution in [0.2, 0.25) is 0 Å². The first-order valence-corrected chi connectivity index (χ1v) is 8.26. The lowest BCUT2D eigenvalue weighted by atomic mass is 9.79. The van der Waals surface area contributed by atoms with E-state index in [4.69, 9.17) is 0 Å². The fraction of sp³-hybridized carbons (Fsp3) is 0.167. The lowest BCUT2D eigenvalue weighted by Gasteiger charge is -2.24. The molecule has 130 valence electrons. The Bertz CT molecular complexity index is 795. The topological polar surface area (TPSA) is 95.5 Å². The number of amides is 2. The number of halogens is 1. The summed E-state index contributed by atoms with van der Waals surface area (Å²) in [5.41, 5.74) is 4.02. The molecule has 2 amide bonds. The van der Waals surface area contributed by atoms with Crippen LogP contribution in [0.4, 0.5) is 0 Å². The quantitative estimate of drug-likeness (QED) is 0.667. The molecule has 0 saturated carbocycles. The van der Waals surface area contributed by atoms with Crippen LogP contribution in [-0.4, -0.2) is 22.9 Å². The molecule has 2 aromatic rings. The van der Waals surface area contributed by atoms with Crippen molar-refractivity contribution < 1.29 is 19.5 Å². The number of carbonyl (C=O) groups is 3. The third-order valence-corrected chi connectivity index (χ3v) is 4.52. The van der Waals surface area contributed by atoms with E-state index in [1.54, 1.807) is 54.6 Å². The normalized spacial score (nSPS) is 12.7. The van der Waals surface area contributed by atoms with Crippen LogP contribution in [0, 0.1) is 0 Å². The molecule has 25 heavy (non-hydrogen) atoms. The highest BCUT2D eigenvalue weighted by Gasteiger charge is 2.37. The number of nitrogens with one attached hydrogen (secondary N) is 2. The molecule has 0 spiro atoms. The van der Waals surface area contributed by atoms with Gasteiger partial charge in [-0.25, -0.2) is 0 Å². The van der Waals surface area contributed by atoms with Gasteiger partial charge < -0.3 is 5.11 Å². The Morgan fingerprint density at radius 2 is 1.60 bits per heavy atom. The minimum atomic E-state index is -1.40. The van der Waals surface area contributed by atoms with E-state index >= 15 is 0 Å². The zero-order valence-corrected chi connectivity index (χ0v) is 15.0. The molecule has 0 aliphatic carbocycles. The van der Waals surface area contributed by atoms with E-state index in [0.717, 1.165) is 0 Å². The van der Waals surface area contributed by atoms with Crippen LogP contribution in [0.15, 0.2) is 59.1 Å². The number of rotatable bonds is 5. The van der Waals surface area contributed by atoms with Crippen molar-refractivity contribution in [1.82, 2.24) is 10.9 Å². The highest BCUT2D eigenvalue weighted by Crippen LogP contribution is 2.27. The van der Waals surface area contributed by atoms with Gasteiger partial charge in [0.1, 0.15) is 0 Å². The lowest BCUT2D eigenvalue weighted by Crippen LogP contribution is -2.46. The molecule has 2 aromatic carbocycles. The summed E-state index contributed by atoms with van der Waals surface area (Å²) in [7, 11) is 0. The molecular weight excluding hydrogens is 388 g/mol. The van der Waals surface area contributed by atoms with Crippen molar-refractivity contribution in [2.24, 2.45) is 0 Å². The minimum Gasteiger partial charge on any atom is -0.481 e. The van der Waals surface area contributed by atoms with Crippen molar-refractivity contribution >= 4 is 33.7 Å². The summed E-state index contributed by atoms with van der Waals surface area (Å²) in [6, 6.07) is 15.2. The van der Waals surface area contributed by atoms with Crippen molar-refractivity contribution in [3.05, 3.63) is 70.2 Å². The molecule has 0 saturated heterocycles. The van der Waals surface area contributed by atoms with Crippen LogP contribution < -0.4 is 10.9 Å². The summed E-state index contributed by atoms with van der Waals surface area (Å²) in [5, 5.41) is 9.55. The average molecular weight is 405 g/mol. The Morgan fingerprint density at radius 3 is 2.20 bits per heavy atom. The molecular formula is C18H17BrN2O4. The van der Waals surface area contributed by atoms with Crippen LogP contribution in [0.5, 0.6) is 0 Å². The molecule has 0 aromatic heterocycles. The Hall–Kier alpha value is -2.67. The first kappa shape index (κ1) is 18.7. The van der Waals surface area contributed by atoms with Crippen molar-refractivity contribution in [2.45, 2.75) is 18.8 Å². The van der Waals surface area contributed by atoms with E-state index in [-0.39, 0.29) is 6.42 Å². The predicted octanol–water partition coefficient (Wildman–Crippen LogP) is 2.64. The monoisotopic (exact) mass is 404 g/mol. The number of benzene rings is 2. The number of carboxylic acid groups (broad SMARTS) is 1. The standard InChI is InChI=1S/C18H17BrN2O4/c1-18(17(24)25,12-7-3-2-4-8-12)11-15(22)20-21-16(23)13-9-5-6-10-14(13)19/h2-10H,11H2,1H3,(H,20,22)(H,21,23)(H,24,25)/t18-/m0/s1. The van der Waals surface area contributed by atoms with Gasteiger partial charge in [0, 0.05) is 10.9 Å². The molecule has 0 heterocycles. The maximum atomic E-state index is 12.2. The Balaban J connectivity index is 2.04. The van der Waals surface area contributed by atoms with Gasteiger partial charge in [0.25, 0.3) is 5.91 Å². The third-order valence-electron chi connectivity index (χ3n) is 3.83. The fourth-order valence-corrected chi connectivity index (χ4v) is 2.78. The summed E-state index contributed by atoms with van der Waals surface area (Å²) in [4.78, 5) is 35.9. The molecule has 0 fully saturated rings. The van der Waals surface area contributed by atoms with Crippen LogP contribution in [0.25, 0.3) is 0 Å². The summed E-state index contributed by atoms with van der Waals surface area (Å²) < 4.78 is 0.585. The lowest BCUT2D eigenvalue weighted by molar-refractivity contribution is -0.145. The maximum Gasteiger partial charge on any atom is 0.314 e. The summed E-state index contributed by atoms with van der Waals surface area (Å²) in [6.45, 7) is 1.47. The molecule has 0 radical (unpaired) electrons. The molecule has 0 aliphatic rings. The van der Waals surface area contributed by atoms with E-state index in [2.05, 4.69) is 26.8 Å². The Labute approximate surface area is 153 Å². The van der Waals surface area contributed by atoms with Gasteiger partial charge in [-0.1, -0.05) is 42.5 Å². The summed E-state index contributed by atoms with van der Waals surface area (Å²) in [6.07, 6.45) is -0.317. The van der Waals surface area contributed by atoms with Crippen LogP contribution >= 0.6 is 15.9 Å². The van der Waals surface area contributed by atoms with Gasteiger partial charge in [-0.2, -0.15) is 0 Å². The number of hydrazine groups is 1. The Morgan fingerprint density at radius 1 is 1.00 bits per heavy atom. The highest BCUT2D eigenvalue weighted by atomic mass is 79.9. The smallest absolute Gasteiger partial charge is 0.314 e. The van der Waals surface area contributed by atoms with Crippen molar-refractivity contribution in [3.8, 4) is 0 Å². The van der Waals surface area contributed by atoms with E-state index < -0.39 is 23.2 Å². The van der Waals surface area contributed by atoms with Gasteiger partial charge in [0.15, 0.2) is 0 Å². The average Bonchev–Trinajstić information content (AvgIpc) is 2.60. The molecule has 0 aliphatic heterocycles. The second-order valence-corrected chi connectivity index (χ2v) is 6.52. The van der Waals surface area contributed by atoms with Crippen LogP contribution in [-0.2, 0) is 15.0 Å². The molecule has 2 rings (SSSR count). The predicted molar refractivity (Wildman–Crippen MR) is 95.8 cm³/mol. The van der Waals surface area contributed by atoms with Gasteiger partial charge in [-0.15, -0.1) is 0 Å². The number of carboxylic acids is 1. The van der Waals surface area contributed by atoms with E-state index in [0.29, 0.717) is 15.6 Å². The summed E-state index contributed by atoms with van der Waals surface area (Å²) in [5.74, 6) is -2.22. The number of hydrogen-bond donors (Lipinski definition) is 3. The first-order valence-electron chi connectivity index (χ1n) is 7.47. The largest absolute Gasteiger partial charge is 0.481 e. The molecule has 0 bridgehead atoms. The molecule has 1 atom stereocenters. The van der Waals surface area contributed by atoms with Gasteiger partial charge in [-0.3, -0.25) is 25.2 Å². The third kappa shape index (κ3) is 4.45. The van der Waals surface area contributed by atoms with E-state index in [1.807, 2.05) is 0 Å². The number of carbonyl (C=O) groups excluding carboxylic acids is 2. The molecule has 3 N–H and O–H groups in total. The van der Waals surface area contributed by atoms with Gasteiger partial charge in [-0.05, 0) is 40.5 Å². The van der Waals surface area contributed by atoms with E-state index in [1.165, 1.54) is 6.92 Å². The van der Waals surface area contributed by atoms with Gasteiger partial charge in [0.2, 0.25) is 5.91 Å². The molecule has 6 nitrogen and oxygen atoms in total. The Kier molecular flexibility index (Phi) is 5.93. The SMILES string of the molecule is C[C@@](CC(=O)NNC(=O)c1ccccc1Br)(C(=O)O)c1ccccc1.